The zero-order valence-electron chi connectivity index (χ0n) is 20.1. The van der Waals surface area contributed by atoms with E-state index in [1.807, 2.05) is 31.2 Å². The molecule has 3 atom stereocenters. The Morgan fingerprint density at radius 2 is 1.74 bits per heavy atom. The SMILES string of the molecule is CCN(CC(C)C(=O)O)C(=O)[C@H]1OCC[C@H]1CNC(=O)OCC1c2ccccc2-c2ccccc21. The molecule has 8 nitrogen and oxygen atoms in total. The number of hydrogen-bond donors (Lipinski definition) is 2. The van der Waals surface area contributed by atoms with E-state index in [1.54, 1.807) is 6.92 Å². The van der Waals surface area contributed by atoms with Crippen molar-refractivity contribution >= 4 is 18.0 Å². The first-order chi connectivity index (χ1) is 16.9. The molecule has 8 heteroatoms. The molecule has 1 heterocycles. The summed E-state index contributed by atoms with van der Waals surface area (Å²) in [5, 5.41) is 12.0. The van der Waals surface area contributed by atoms with Crippen molar-refractivity contribution in [2.45, 2.75) is 32.3 Å². The Morgan fingerprint density at radius 3 is 2.34 bits per heavy atom. The van der Waals surface area contributed by atoms with E-state index in [-0.39, 0.29) is 37.4 Å². The van der Waals surface area contributed by atoms with Gasteiger partial charge in [0, 0.05) is 38.1 Å². The molecule has 1 unspecified atom stereocenters. The van der Waals surface area contributed by atoms with E-state index >= 15 is 0 Å². The molecule has 35 heavy (non-hydrogen) atoms. The van der Waals surface area contributed by atoms with Crippen molar-refractivity contribution in [1.29, 1.82) is 0 Å². The second kappa shape index (κ2) is 10.9. The van der Waals surface area contributed by atoms with Crippen molar-refractivity contribution in [1.82, 2.24) is 10.2 Å². The Balaban J connectivity index is 1.32. The number of likely N-dealkylation sites (N-methyl/N-ethyl adjacent to an activating group) is 1. The molecule has 0 spiro atoms. The zero-order valence-corrected chi connectivity index (χ0v) is 20.1. The number of amides is 2. The van der Waals surface area contributed by atoms with Crippen LogP contribution in [0.2, 0.25) is 0 Å². The fourth-order valence-corrected chi connectivity index (χ4v) is 4.94. The minimum absolute atomic E-state index is 0.0216. The van der Waals surface area contributed by atoms with Crippen molar-refractivity contribution in [3.05, 3.63) is 59.7 Å². The number of carbonyl (C=O) groups excluding carboxylic acids is 2. The van der Waals surface area contributed by atoms with Gasteiger partial charge in [-0.3, -0.25) is 9.59 Å². The van der Waals surface area contributed by atoms with Gasteiger partial charge in [0.1, 0.15) is 12.7 Å². The molecule has 2 aromatic rings. The third kappa shape index (κ3) is 5.32. The summed E-state index contributed by atoms with van der Waals surface area (Å²) in [5.41, 5.74) is 4.62. The molecule has 1 fully saturated rings. The largest absolute Gasteiger partial charge is 0.481 e. The fraction of sp³-hybridized carbons (Fsp3) is 0.444. The average molecular weight is 481 g/mol. The number of aliphatic carboxylic acids is 1. The van der Waals surface area contributed by atoms with Crippen LogP contribution in [0, 0.1) is 11.8 Å². The summed E-state index contributed by atoms with van der Waals surface area (Å²) < 4.78 is 11.3. The molecule has 1 aliphatic carbocycles. The van der Waals surface area contributed by atoms with Gasteiger partial charge in [-0.15, -0.1) is 0 Å². The van der Waals surface area contributed by atoms with Gasteiger partial charge in [0.25, 0.3) is 5.91 Å². The molecule has 1 aliphatic heterocycles. The van der Waals surface area contributed by atoms with Crippen LogP contribution in [-0.4, -0.2) is 66.9 Å². The molecule has 4 rings (SSSR count). The molecule has 0 saturated carbocycles. The molecule has 0 bridgehead atoms. The molecule has 2 N–H and O–H groups in total. The van der Waals surface area contributed by atoms with Gasteiger partial charge in [0.15, 0.2) is 0 Å². The van der Waals surface area contributed by atoms with Crippen LogP contribution >= 0.6 is 0 Å². The van der Waals surface area contributed by atoms with Crippen molar-refractivity contribution in [3.8, 4) is 11.1 Å². The maximum absolute atomic E-state index is 13.0. The van der Waals surface area contributed by atoms with Crippen molar-refractivity contribution in [2.75, 3.05) is 32.8 Å². The summed E-state index contributed by atoms with van der Waals surface area (Å²) >= 11 is 0. The van der Waals surface area contributed by atoms with Crippen LogP contribution in [0.4, 0.5) is 4.79 Å². The van der Waals surface area contributed by atoms with Gasteiger partial charge in [-0.1, -0.05) is 55.5 Å². The van der Waals surface area contributed by atoms with E-state index in [2.05, 4.69) is 29.6 Å². The number of carboxylic acid groups (broad SMARTS) is 1. The summed E-state index contributed by atoms with van der Waals surface area (Å²) in [5.74, 6) is -2.07. The molecular formula is C27H32N2O6. The number of nitrogens with one attached hydrogen (secondary N) is 1. The van der Waals surface area contributed by atoms with E-state index in [9.17, 15) is 19.5 Å². The van der Waals surface area contributed by atoms with Crippen LogP contribution in [0.5, 0.6) is 0 Å². The van der Waals surface area contributed by atoms with Crippen LogP contribution in [0.15, 0.2) is 48.5 Å². The average Bonchev–Trinajstić information content (AvgIpc) is 3.46. The second-order valence-electron chi connectivity index (χ2n) is 9.16. The molecule has 186 valence electrons. The lowest BCUT2D eigenvalue weighted by atomic mass is 9.98. The normalized spacial score (nSPS) is 19.5. The molecule has 1 saturated heterocycles. The van der Waals surface area contributed by atoms with Gasteiger partial charge >= 0.3 is 12.1 Å². The van der Waals surface area contributed by atoms with Crippen LogP contribution in [-0.2, 0) is 19.1 Å². The monoisotopic (exact) mass is 480 g/mol. The Hall–Kier alpha value is -3.39. The Bertz CT molecular complexity index is 1040. The van der Waals surface area contributed by atoms with E-state index in [0.717, 1.165) is 11.1 Å². The lowest BCUT2D eigenvalue weighted by molar-refractivity contribution is -0.146. The number of ether oxygens (including phenoxy) is 2. The van der Waals surface area contributed by atoms with Crippen molar-refractivity contribution in [3.63, 3.8) is 0 Å². The Kier molecular flexibility index (Phi) is 7.70. The van der Waals surface area contributed by atoms with Crippen molar-refractivity contribution < 1.29 is 29.0 Å². The van der Waals surface area contributed by atoms with Gasteiger partial charge in [-0.2, -0.15) is 0 Å². The predicted octanol–water partition coefficient (Wildman–Crippen LogP) is 3.50. The smallest absolute Gasteiger partial charge is 0.407 e. The highest BCUT2D eigenvalue weighted by molar-refractivity contribution is 5.82. The number of fused-ring (bicyclic) bond motifs is 3. The number of benzene rings is 2. The maximum Gasteiger partial charge on any atom is 0.407 e. The van der Waals surface area contributed by atoms with E-state index < -0.39 is 24.1 Å². The van der Waals surface area contributed by atoms with Gasteiger partial charge < -0.3 is 24.8 Å². The summed E-state index contributed by atoms with van der Waals surface area (Å²) in [6.45, 7) is 4.79. The number of carbonyl (C=O) groups is 3. The maximum atomic E-state index is 13.0. The number of nitrogens with zero attached hydrogens (tertiary/aromatic N) is 1. The number of rotatable bonds is 9. The first-order valence-electron chi connectivity index (χ1n) is 12.1. The van der Waals surface area contributed by atoms with Crippen LogP contribution in [0.1, 0.15) is 37.3 Å². The standard InChI is InChI=1S/C27H32N2O6/c1-3-29(15-17(2)26(31)32)25(30)24-18(12-13-34-24)14-28-27(33)35-16-23-21-10-6-4-8-19(21)20-9-5-7-11-22(20)23/h4-11,17-18,23-24H,3,12-16H2,1-2H3,(H,28,33)(H,31,32)/t17?,18-,24-/m0/s1. The van der Waals surface area contributed by atoms with E-state index in [1.165, 1.54) is 16.0 Å². The topological polar surface area (TPSA) is 105 Å². The van der Waals surface area contributed by atoms with Crippen LogP contribution in [0.3, 0.4) is 0 Å². The highest BCUT2D eigenvalue weighted by Gasteiger charge is 2.37. The molecule has 0 aromatic heterocycles. The van der Waals surface area contributed by atoms with Gasteiger partial charge in [-0.05, 0) is 35.6 Å². The number of carboxylic acids is 1. The quantitative estimate of drug-likeness (QED) is 0.569. The highest BCUT2D eigenvalue weighted by Crippen LogP contribution is 2.44. The van der Waals surface area contributed by atoms with Gasteiger partial charge in [0.05, 0.1) is 5.92 Å². The molecule has 0 radical (unpaired) electrons. The Labute approximate surface area is 205 Å². The summed E-state index contributed by atoms with van der Waals surface area (Å²) in [6.07, 6.45) is -0.604. The third-order valence-electron chi connectivity index (χ3n) is 6.92. The fourth-order valence-electron chi connectivity index (χ4n) is 4.94. The lowest BCUT2D eigenvalue weighted by Gasteiger charge is -2.28. The first-order valence-corrected chi connectivity index (χ1v) is 12.1. The minimum atomic E-state index is -0.947. The van der Waals surface area contributed by atoms with Crippen molar-refractivity contribution in [2.24, 2.45) is 11.8 Å². The zero-order chi connectivity index (χ0) is 24.9. The van der Waals surface area contributed by atoms with Gasteiger partial charge in [0.2, 0.25) is 0 Å². The first kappa shape index (κ1) is 24.7. The predicted molar refractivity (Wildman–Crippen MR) is 130 cm³/mol. The number of alkyl carbamates (subject to hydrolysis) is 1. The molecule has 2 amide bonds. The summed E-state index contributed by atoms with van der Waals surface area (Å²) in [7, 11) is 0. The third-order valence-corrected chi connectivity index (χ3v) is 6.92. The summed E-state index contributed by atoms with van der Waals surface area (Å²) in [6, 6.07) is 16.3. The molecular weight excluding hydrogens is 448 g/mol. The summed E-state index contributed by atoms with van der Waals surface area (Å²) in [4.78, 5) is 38.2. The van der Waals surface area contributed by atoms with E-state index in [4.69, 9.17) is 9.47 Å². The van der Waals surface area contributed by atoms with Gasteiger partial charge in [-0.25, -0.2) is 4.79 Å². The minimum Gasteiger partial charge on any atom is -0.481 e. The number of hydrogen-bond acceptors (Lipinski definition) is 5. The highest BCUT2D eigenvalue weighted by atomic mass is 16.5. The molecule has 2 aromatic carbocycles. The second-order valence-corrected chi connectivity index (χ2v) is 9.16. The van der Waals surface area contributed by atoms with Crippen LogP contribution < -0.4 is 5.32 Å². The molecule has 2 aliphatic rings. The van der Waals surface area contributed by atoms with Crippen LogP contribution in [0.25, 0.3) is 11.1 Å². The lowest BCUT2D eigenvalue weighted by Crippen LogP contribution is -2.46. The van der Waals surface area contributed by atoms with E-state index in [0.29, 0.717) is 19.6 Å². The Morgan fingerprint density at radius 1 is 1.11 bits per heavy atom.